The average Bonchev–Trinajstić information content (AvgIpc) is 3.20. The summed E-state index contributed by atoms with van der Waals surface area (Å²) in [6, 6.07) is 13.8. The lowest BCUT2D eigenvalue weighted by Gasteiger charge is -2.19. The van der Waals surface area contributed by atoms with Crippen LogP contribution in [-0.4, -0.2) is 45.3 Å². The lowest BCUT2D eigenvalue weighted by Crippen LogP contribution is -2.34. The number of benzene rings is 2. The van der Waals surface area contributed by atoms with E-state index in [2.05, 4.69) is 9.97 Å². The van der Waals surface area contributed by atoms with Crippen molar-refractivity contribution in [3.05, 3.63) is 98.1 Å². The fraction of sp³-hybridized carbons (Fsp3) is 0.292. The van der Waals surface area contributed by atoms with Crippen LogP contribution in [0.25, 0.3) is 0 Å². The highest BCUT2D eigenvalue weighted by molar-refractivity contribution is 5.90. The molecule has 34 heavy (non-hydrogen) atoms. The lowest BCUT2D eigenvalue weighted by molar-refractivity contribution is -0.0585. The van der Waals surface area contributed by atoms with Gasteiger partial charge in [-0.05, 0) is 38.1 Å². The summed E-state index contributed by atoms with van der Waals surface area (Å²) < 4.78 is 18.0. The van der Waals surface area contributed by atoms with Gasteiger partial charge in [0.25, 0.3) is 0 Å². The van der Waals surface area contributed by atoms with Crippen LogP contribution in [0, 0.1) is 13.8 Å². The standard InChI is InChI=1S/C24H23N3O7/c1-14-3-7-16(8-4-14)21(28)32-12-19-18(34-22(29)17-9-5-15(2)6-10-17)11-20(33-19)27-13-25-23(30)26-24(27)31/h3-10,13,18-20H,11-12H2,1-2H3,(H,26,30,31)/t18-,19+,20-/m0/s1. The normalized spacial score (nSPS) is 19.5. The number of ether oxygens (including phenoxy) is 3. The van der Waals surface area contributed by atoms with Crippen LogP contribution >= 0.6 is 0 Å². The zero-order valence-electron chi connectivity index (χ0n) is 18.6. The van der Waals surface area contributed by atoms with Gasteiger partial charge in [0, 0.05) is 6.42 Å². The first-order chi connectivity index (χ1) is 16.3. The molecule has 10 heteroatoms. The topological polar surface area (TPSA) is 130 Å². The number of hydrogen-bond donors (Lipinski definition) is 1. The Bertz CT molecular complexity index is 1300. The Labute approximate surface area is 194 Å². The third kappa shape index (κ3) is 5.29. The maximum atomic E-state index is 12.7. The third-order valence-corrected chi connectivity index (χ3v) is 5.45. The van der Waals surface area contributed by atoms with Crippen molar-refractivity contribution >= 4 is 11.9 Å². The van der Waals surface area contributed by atoms with Gasteiger partial charge in [-0.2, -0.15) is 4.98 Å². The van der Waals surface area contributed by atoms with Crippen LogP contribution in [0.2, 0.25) is 0 Å². The third-order valence-electron chi connectivity index (χ3n) is 5.45. The van der Waals surface area contributed by atoms with Crippen LogP contribution in [0.15, 0.2) is 64.4 Å². The first kappa shape index (κ1) is 23.1. The van der Waals surface area contributed by atoms with E-state index in [0.29, 0.717) is 11.1 Å². The van der Waals surface area contributed by atoms with Gasteiger partial charge >= 0.3 is 23.3 Å². The van der Waals surface area contributed by atoms with Crippen molar-refractivity contribution in [3.63, 3.8) is 0 Å². The summed E-state index contributed by atoms with van der Waals surface area (Å²) in [6.07, 6.45) is -1.38. The molecular formula is C24H23N3O7. The number of carbonyl (C=O) groups excluding carboxylic acids is 2. The molecule has 1 aromatic heterocycles. The van der Waals surface area contributed by atoms with Gasteiger partial charge in [-0.3, -0.25) is 9.55 Å². The highest BCUT2D eigenvalue weighted by atomic mass is 16.6. The minimum absolute atomic E-state index is 0.0952. The van der Waals surface area contributed by atoms with Crippen LogP contribution in [0.1, 0.15) is 44.5 Å². The fourth-order valence-corrected chi connectivity index (χ4v) is 3.53. The molecule has 0 unspecified atom stereocenters. The molecule has 0 aliphatic carbocycles. The second kappa shape index (κ2) is 9.84. The number of aromatic nitrogens is 3. The lowest BCUT2D eigenvalue weighted by atomic mass is 10.1. The zero-order valence-corrected chi connectivity index (χ0v) is 18.6. The molecule has 0 bridgehead atoms. The molecular weight excluding hydrogens is 442 g/mol. The number of aromatic amines is 1. The zero-order chi connectivity index (χ0) is 24.2. The highest BCUT2D eigenvalue weighted by Gasteiger charge is 2.40. The predicted octanol–water partition coefficient (Wildman–Crippen LogP) is 1.92. The number of aryl methyl sites for hydroxylation is 2. The van der Waals surface area contributed by atoms with Crippen LogP contribution in [0.5, 0.6) is 0 Å². The minimum atomic E-state index is -0.879. The molecule has 3 atom stereocenters. The molecule has 0 saturated carbocycles. The van der Waals surface area contributed by atoms with E-state index in [4.69, 9.17) is 14.2 Å². The van der Waals surface area contributed by atoms with Gasteiger partial charge < -0.3 is 14.2 Å². The van der Waals surface area contributed by atoms with Crippen LogP contribution < -0.4 is 11.4 Å². The molecule has 10 nitrogen and oxygen atoms in total. The Morgan fingerprint density at radius 2 is 1.59 bits per heavy atom. The van der Waals surface area contributed by atoms with E-state index >= 15 is 0 Å². The van der Waals surface area contributed by atoms with Crippen LogP contribution in [0.4, 0.5) is 0 Å². The quantitative estimate of drug-likeness (QED) is 0.547. The molecule has 1 fully saturated rings. The summed E-state index contributed by atoms with van der Waals surface area (Å²) in [5.41, 5.74) is 1.21. The molecule has 4 rings (SSSR count). The average molecular weight is 465 g/mol. The van der Waals surface area contributed by atoms with E-state index in [1.54, 1.807) is 48.5 Å². The van der Waals surface area contributed by atoms with Crippen molar-refractivity contribution in [3.8, 4) is 0 Å². The fourth-order valence-electron chi connectivity index (χ4n) is 3.53. The molecule has 0 spiro atoms. The summed E-state index contributed by atoms with van der Waals surface area (Å²) in [4.78, 5) is 54.2. The van der Waals surface area contributed by atoms with E-state index in [-0.39, 0.29) is 13.0 Å². The molecule has 1 saturated heterocycles. The van der Waals surface area contributed by atoms with Gasteiger partial charge in [-0.15, -0.1) is 0 Å². The van der Waals surface area contributed by atoms with Gasteiger partial charge in [0.05, 0.1) is 11.1 Å². The molecule has 1 aliphatic rings. The number of hydrogen-bond acceptors (Lipinski definition) is 8. The molecule has 2 aromatic carbocycles. The van der Waals surface area contributed by atoms with Gasteiger partial charge in [-0.1, -0.05) is 35.4 Å². The number of carbonyl (C=O) groups is 2. The van der Waals surface area contributed by atoms with E-state index in [1.807, 2.05) is 13.8 Å². The number of rotatable bonds is 6. The maximum absolute atomic E-state index is 12.7. The monoisotopic (exact) mass is 465 g/mol. The van der Waals surface area contributed by atoms with E-state index in [1.165, 1.54) is 0 Å². The first-order valence-electron chi connectivity index (χ1n) is 10.6. The first-order valence-corrected chi connectivity index (χ1v) is 10.6. The minimum Gasteiger partial charge on any atom is -0.459 e. The summed E-state index contributed by atoms with van der Waals surface area (Å²) in [6.45, 7) is 3.60. The number of nitrogens with one attached hydrogen (secondary N) is 1. The van der Waals surface area contributed by atoms with Gasteiger partial charge in [0.1, 0.15) is 31.4 Å². The summed E-state index contributed by atoms with van der Waals surface area (Å²) >= 11 is 0. The Balaban J connectivity index is 1.51. The van der Waals surface area contributed by atoms with Crippen molar-refractivity contribution in [1.82, 2.24) is 14.5 Å². The van der Waals surface area contributed by atoms with Gasteiger partial charge in [-0.25, -0.2) is 19.2 Å². The second-order valence-electron chi connectivity index (χ2n) is 8.03. The predicted molar refractivity (Wildman–Crippen MR) is 119 cm³/mol. The van der Waals surface area contributed by atoms with Crippen LogP contribution in [-0.2, 0) is 14.2 Å². The van der Waals surface area contributed by atoms with Crippen LogP contribution in [0.3, 0.4) is 0 Å². The Morgan fingerprint density at radius 1 is 1.00 bits per heavy atom. The molecule has 3 aromatic rings. The number of nitrogens with zero attached hydrogens (tertiary/aromatic N) is 2. The SMILES string of the molecule is Cc1ccc(C(=O)OC[C@H]2O[C@H](n3cnc(=O)[nH]c3=O)C[C@@H]2OC(=O)c2ccc(C)cc2)cc1. The van der Waals surface area contributed by atoms with E-state index in [9.17, 15) is 19.2 Å². The van der Waals surface area contributed by atoms with E-state index in [0.717, 1.165) is 22.0 Å². The smallest absolute Gasteiger partial charge is 0.350 e. The second-order valence-corrected chi connectivity index (χ2v) is 8.03. The Hall–Kier alpha value is -4.05. The summed E-state index contributed by atoms with van der Waals surface area (Å²) in [5, 5.41) is 0. The Kier molecular flexibility index (Phi) is 6.69. The van der Waals surface area contributed by atoms with Gasteiger partial charge in [0.15, 0.2) is 0 Å². The van der Waals surface area contributed by atoms with Crippen molar-refractivity contribution < 1.29 is 23.8 Å². The number of H-pyrrole nitrogens is 1. The maximum Gasteiger partial charge on any atom is 0.350 e. The van der Waals surface area contributed by atoms with Crippen molar-refractivity contribution in [1.29, 1.82) is 0 Å². The molecule has 0 amide bonds. The van der Waals surface area contributed by atoms with Crippen molar-refractivity contribution in [2.45, 2.75) is 38.7 Å². The molecule has 0 radical (unpaired) electrons. The van der Waals surface area contributed by atoms with Crippen molar-refractivity contribution in [2.75, 3.05) is 6.61 Å². The molecule has 176 valence electrons. The molecule has 1 aliphatic heterocycles. The molecule has 1 N–H and O–H groups in total. The number of esters is 2. The van der Waals surface area contributed by atoms with E-state index < -0.39 is 41.8 Å². The summed E-state index contributed by atoms with van der Waals surface area (Å²) in [7, 11) is 0. The molecule has 2 heterocycles. The summed E-state index contributed by atoms with van der Waals surface area (Å²) in [5.74, 6) is -1.13. The highest BCUT2D eigenvalue weighted by Crippen LogP contribution is 2.30. The largest absolute Gasteiger partial charge is 0.459 e. The van der Waals surface area contributed by atoms with Crippen molar-refractivity contribution in [2.24, 2.45) is 0 Å². The Morgan fingerprint density at radius 3 is 2.18 bits per heavy atom. The van der Waals surface area contributed by atoms with Gasteiger partial charge in [0.2, 0.25) is 0 Å².